The van der Waals surface area contributed by atoms with Crippen molar-refractivity contribution in [1.29, 1.82) is 0 Å². The quantitative estimate of drug-likeness (QED) is 0.252. The molecule has 1 amide bonds. The first-order chi connectivity index (χ1) is 16.0. The van der Waals surface area contributed by atoms with Gasteiger partial charge in [0.1, 0.15) is 5.52 Å². The fourth-order valence-corrected chi connectivity index (χ4v) is 5.99. The third-order valence-corrected chi connectivity index (χ3v) is 7.65. The monoisotopic (exact) mass is 493 g/mol. The number of rotatable bonds is 7. The number of benzene rings is 2. The van der Waals surface area contributed by atoms with Crippen LogP contribution in [0.3, 0.4) is 0 Å². The van der Waals surface area contributed by atoms with Crippen molar-refractivity contribution in [1.82, 2.24) is 29.9 Å². The Morgan fingerprint density at radius 3 is 2.67 bits per heavy atom. The summed E-state index contributed by atoms with van der Waals surface area (Å²) in [5, 5.41) is 12.0. The van der Waals surface area contributed by atoms with Crippen LogP contribution in [0.4, 0.5) is 5.69 Å². The van der Waals surface area contributed by atoms with E-state index < -0.39 is 0 Å². The first-order valence-electron chi connectivity index (χ1n) is 10.1. The molecule has 1 N–H and O–H groups in total. The topological polar surface area (TPSA) is 98.5 Å². The van der Waals surface area contributed by atoms with Crippen LogP contribution >= 0.6 is 34.9 Å². The number of thioether (sulfide) groups is 2. The minimum absolute atomic E-state index is 0.0979. The lowest BCUT2D eigenvalue weighted by Gasteiger charge is -2.05. The van der Waals surface area contributed by atoms with Crippen LogP contribution in [0.25, 0.3) is 21.3 Å². The Balaban J connectivity index is 1.22. The maximum absolute atomic E-state index is 12.4. The Morgan fingerprint density at radius 2 is 1.82 bits per heavy atom. The molecule has 5 aromatic rings. The Bertz CT molecular complexity index is 1440. The molecule has 8 nitrogen and oxygen atoms in total. The molecule has 0 aliphatic heterocycles. The molecule has 0 fully saturated rings. The van der Waals surface area contributed by atoms with Gasteiger partial charge in [0.15, 0.2) is 9.50 Å². The Labute approximate surface area is 202 Å². The first-order valence-corrected chi connectivity index (χ1v) is 12.9. The standard InChI is InChI=1S/C22H19N7OS3/c1-13-9-14(2)24-21(23-13)31-11-20(30)25-15-7-8-17-19(10-15)33-22(26-17)32-12-29-18-6-4-3-5-16(18)27-28-29/h3-10H,11-12H2,1-2H3,(H,25,30). The van der Waals surface area contributed by atoms with Crippen molar-refractivity contribution in [3.63, 3.8) is 0 Å². The molecule has 0 aliphatic carbocycles. The molecule has 3 aromatic heterocycles. The van der Waals surface area contributed by atoms with E-state index in [4.69, 9.17) is 4.98 Å². The Hall–Kier alpha value is -3.02. The number of aromatic nitrogens is 6. The molecule has 3 heterocycles. The lowest BCUT2D eigenvalue weighted by atomic mass is 10.3. The third-order valence-electron chi connectivity index (χ3n) is 4.68. The van der Waals surface area contributed by atoms with Crippen LogP contribution in [-0.2, 0) is 10.7 Å². The van der Waals surface area contributed by atoms with E-state index >= 15 is 0 Å². The van der Waals surface area contributed by atoms with E-state index in [0.29, 0.717) is 11.0 Å². The second-order valence-corrected chi connectivity index (χ2v) is 10.4. The van der Waals surface area contributed by atoms with Crippen molar-refractivity contribution in [2.75, 3.05) is 11.1 Å². The molecule has 166 valence electrons. The fraction of sp³-hybridized carbons (Fsp3) is 0.182. The van der Waals surface area contributed by atoms with E-state index in [9.17, 15) is 4.79 Å². The molecular weight excluding hydrogens is 474 g/mol. The highest BCUT2D eigenvalue weighted by Gasteiger charge is 2.11. The van der Waals surface area contributed by atoms with Gasteiger partial charge in [-0.25, -0.2) is 19.6 Å². The molecule has 0 saturated heterocycles. The zero-order valence-corrected chi connectivity index (χ0v) is 20.3. The van der Waals surface area contributed by atoms with Crippen LogP contribution < -0.4 is 5.32 Å². The van der Waals surface area contributed by atoms with E-state index in [2.05, 4.69) is 25.6 Å². The lowest BCUT2D eigenvalue weighted by molar-refractivity contribution is -0.113. The van der Waals surface area contributed by atoms with Crippen molar-refractivity contribution in [3.8, 4) is 0 Å². The highest BCUT2D eigenvalue weighted by molar-refractivity contribution is 8.00. The molecule has 0 spiro atoms. The van der Waals surface area contributed by atoms with Crippen LogP contribution in [0.5, 0.6) is 0 Å². The molecule has 0 atom stereocenters. The number of carbonyl (C=O) groups excluding carboxylic acids is 1. The van der Waals surface area contributed by atoms with Gasteiger partial charge in [-0.05, 0) is 50.2 Å². The zero-order chi connectivity index (χ0) is 22.8. The number of amides is 1. The second-order valence-electron chi connectivity index (χ2n) is 7.28. The summed E-state index contributed by atoms with van der Waals surface area (Å²) in [5.74, 6) is 0.775. The van der Waals surface area contributed by atoms with Gasteiger partial charge in [-0.1, -0.05) is 40.9 Å². The number of nitrogens with one attached hydrogen (secondary N) is 1. The summed E-state index contributed by atoms with van der Waals surface area (Å²) in [5.41, 5.74) is 5.32. The third kappa shape index (κ3) is 5.15. The number of hydrogen-bond donors (Lipinski definition) is 1. The summed E-state index contributed by atoms with van der Waals surface area (Å²) >= 11 is 4.53. The number of carbonyl (C=O) groups is 1. The summed E-state index contributed by atoms with van der Waals surface area (Å²) < 4.78 is 3.83. The summed E-state index contributed by atoms with van der Waals surface area (Å²) in [4.78, 5) is 25.8. The van der Waals surface area contributed by atoms with Crippen LogP contribution in [-0.4, -0.2) is 41.6 Å². The van der Waals surface area contributed by atoms with Crippen molar-refractivity contribution in [3.05, 3.63) is 59.9 Å². The van der Waals surface area contributed by atoms with Gasteiger partial charge in [-0.15, -0.1) is 16.4 Å². The van der Waals surface area contributed by atoms with E-state index in [-0.39, 0.29) is 11.7 Å². The van der Waals surface area contributed by atoms with Gasteiger partial charge < -0.3 is 5.32 Å². The van der Waals surface area contributed by atoms with Crippen molar-refractivity contribution < 1.29 is 4.79 Å². The maximum Gasteiger partial charge on any atom is 0.234 e. The average Bonchev–Trinajstić information content (AvgIpc) is 3.39. The average molecular weight is 494 g/mol. The minimum atomic E-state index is -0.0979. The number of fused-ring (bicyclic) bond motifs is 2. The number of hydrogen-bond acceptors (Lipinski definition) is 9. The van der Waals surface area contributed by atoms with Gasteiger partial charge in [0.25, 0.3) is 0 Å². The van der Waals surface area contributed by atoms with Gasteiger partial charge in [0.2, 0.25) is 5.91 Å². The lowest BCUT2D eigenvalue weighted by Crippen LogP contribution is -2.14. The fourth-order valence-electron chi connectivity index (χ4n) is 3.26. The Morgan fingerprint density at radius 1 is 1.00 bits per heavy atom. The van der Waals surface area contributed by atoms with Gasteiger partial charge >= 0.3 is 0 Å². The largest absolute Gasteiger partial charge is 0.325 e. The molecule has 0 aliphatic rings. The molecule has 0 unspecified atom stereocenters. The van der Waals surface area contributed by atoms with Gasteiger partial charge in [-0.3, -0.25) is 4.79 Å². The number of para-hydroxylation sites is 1. The van der Waals surface area contributed by atoms with Crippen LogP contribution in [0.15, 0.2) is 58.0 Å². The summed E-state index contributed by atoms with van der Waals surface area (Å²) in [6, 6.07) is 15.6. The van der Waals surface area contributed by atoms with Crippen molar-refractivity contribution >= 4 is 67.7 Å². The smallest absolute Gasteiger partial charge is 0.234 e. The van der Waals surface area contributed by atoms with E-state index in [1.165, 1.54) is 11.8 Å². The summed E-state index contributed by atoms with van der Waals surface area (Å²) in [6.45, 7) is 3.84. The predicted octanol–water partition coefficient (Wildman–Crippen LogP) is 4.93. The molecular formula is C22H19N7OS3. The molecule has 0 bridgehead atoms. The molecule has 33 heavy (non-hydrogen) atoms. The van der Waals surface area contributed by atoms with E-state index in [1.807, 2.05) is 67.1 Å². The maximum atomic E-state index is 12.4. The van der Waals surface area contributed by atoms with Crippen LogP contribution in [0.1, 0.15) is 11.4 Å². The highest BCUT2D eigenvalue weighted by Crippen LogP contribution is 2.32. The first kappa shape index (κ1) is 21.8. The van der Waals surface area contributed by atoms with E-state index in [0.717, 1.165) is 42.7 Å². The zero-order valence-electron chi connectivity index (χ0n) is 17.8. The number of nitrogens with zero attached hydrogens (tertiary/aromatic N) is 6. The Kier molecular flexibility index (Phi) is 6.25. The molecule has 11 heteroatoms. The molecule has 0 saturated carbocycles. The molecule has 2 aromatic carbocycles. The molecule has 0 radical (unpaired) electrons. The van der Waals surface area contributed by atoms with Gasteiger partial charge in [0.05, 0.1) is 27.4 Å². The summed E-state index contributed by atoms with van der Waals surface area (Å²) in [7, 11) is 0. The minimum Gasteiger partial charge on any atom is -0.325 e. The van der Waals surface area contributed by atoms with E-state index in [1.54, 1.807) is 23.1 Å². The SMILES string of the molecule is Cc1cc(C)nc(SCC(=O)Nc2ccc3nc(SCn4nnc5ccccc54)sc3c2)n1. The number of aryl methyl sites for hydroxylation is 2. The second kappa shape index (κ2) is 9.46. The number of thiazole rings is 1. The van der Waals surface area contributed by atoms with Crippen molar-refractivity contribution in [2.45, 2.75) is 29.2 Å². The van der Waals surface area contributed by atoms with Crippen LogP contribution in [0, 0.1) is 13.8 Å². The van der Waals surface area contributed by atoms with Gasteiger partial charge in [-0.2, -0.15) is 0 Å². The summed E-state index contributed by atoms with van der Waals surface area (Å²) in [6.07, 6.45) is 0. The van der Waals surface area contributed by atoms with Gasteiger partial charge in [0, 0.05) is 17.1 Å². The van der Waals surface area contributed by atoms with Crippen LogP contribution in [0.2, 0.25) is 0 Å². The predicted molar refractivity (Wildman–Crippen MR) is 134 cm³/mol. The number of anilines is 1. The molecule has 5 rings (SSSR count). The highest BCUT2D eigenvalue weighted by atomic mass is 32.2. The normalized spacial score (nSPS) is 11.3. The van der Waals surface area contributed by atoms with Crippen molar-refractivity contribution in [2.24, 2.45) is 0 Å².